The molecule has 41 heavy (non-hydrogen) atoms. The van der Waals surface area contributed by atoms with Crippen LogP contribution in [0, 0.1) is 16.7 Å². The first-order chi connectivity index (χ1) is 18.9. The summed E-state index contributed by atoms with van der Waals surface area (Å²) in [6, 6.07) is 4.64. The molecule has 0 saturated carbocycles. The molecule has 0 spiro atoms. The van der Waals surface area contributed by atoms with Gasteiger partial charge in [0, 0.05) is 12.8 Å². The summed E-state index contributed by atoms with van der Waals surface area (Å²) in [6.07, 6.45) is 0.0161. The molecular formula is C31H49NO9. The third-order valence-corrected chi connectivity index (χ3v) is 7.26. The number of carbonyl (C=O) groups is 4. The molecule has 232 valence electrons. The summed E-state index contributed by atoms with van der Waals surface area (Å²) >= 11 is 0. The Kier molecular flexibility index (Phi) is 13.3. The zero-order valence-corrected chi connectivity index (χ0v) is 26.4. The van der Waals surface area contributed by atoms with Crippen molar-refractivity contribution in [2.24, 2.45) is 22.5 Å². The third-order valence-electron chi connectivity index (χ3n) is 7.26. The van der Waals surface area contributed by atoms with Crippen LogP contribution in [0.15, 0.2) is 18.2 Å². The fourth-order valence-electron chi connectivity index (χ4n) is 3.52. The van der Waals surface area contributed by atoms with Gasteiger partial charge in [0.25, 0.3) is 0 Å². The van der Waals surface area contributed by atoms with E-state index in [9.17, 15) is 19.2 Å². The molecule has 0 saturated heterocycles. The Balaban J connectivity index is 3.30. The fraction of sp³-hybridized carbons (Fsp3) is 0.677. The van der Waals surface area contributed by atoms with E-state index in [0.717, 1.165) is 0 Å². The molecule has 1 unspecified atom stereocenters. The van der Waals surface area contributed by atoms with Gasteiger partial charge in [0.15, 0.2) is 11.5 Å². The minimum atomic E-state index is -1.60. The number of ether oxygens (including phenoxy) is 5. The Morgan fingerprint density at radius 1 is 0.854 bits per heavy atom. The van der Waals surface area contributed by atoms with Crippen LogP contribution in [0.3, 0.4) is 0 Å². The average molecular weight is 580 g/mol. The van der Waals surface area contributed by atoms with Crippen molar-refractivity contribution in [3.63, 3.8) is 0 Å². The van der Waals surface area contributed by atoms with Gasteiger partial charge in [-0.3, -0.25) is 14.4 Å². The SMILES string of the molecule is CCC(C)(C)C(=O)Oc1ccc(CC(N)(C[C@H](C)OC(=O)OCCC(C)C)C(=O)OC)cc1OC(=O)C(C)(C)CC. The van der Waals surface area contributed by atoms with Crippen LogP contribution >= 0.6 is 0 Å². The maximum atomic E-state index is 12.9. The lowest BCUT2D eigenvalue weighted by atomic mass is 9.86. The van der Waals surface area contributed by atoms with Gasteiger partial charge in [-0.25, -0.2) is 4.79 Å². The van der Waals surface area contributed by atoms with E-state index in [0.29, 0.717) is 30.7 Å². The maximum absolute atomic E-state index is 12.9. The quantitative estimate of drug-likeness (QED) is 0.201. The second-order valence-electron chi connectivity index (χ2n) is 12.3. The summed E-state index contributed by atoms with van der Waals surface area (Å²) in [4.78, 5) is 50.7. The average Bonchev–Trinajstić information content (AvgIpc) is 2.88. The van der Waals surface area contributed by atoms with E-state index in [-0.39, 0.29) is 30.9 Å². The van der Waals surface area contributed by atoms with Gasteiger partial charge in [-0.15, -0.1) is 0 Å². The van der Waals surface area contributed by atoms with Gasteiger partial charge in [0.2, 0.25) is 0 Å². The van der Waals surface area contributed by atoms with Crippen molar-refractivity contribution in [1.29, 1.82) is 0 Å². The Labute approximate surface area is 244 Å². The lowest BCUT2D eigenvalue weighted by Gasteiger charge is -2.29. The highest BCUT2D eigenvalue weighted by molar-refractivity contribution is 5.82. The summed E-state index contributed by atoms with van der Waals surface area (Å²) in [5.41, 5.74) is 3.90. The molecule has 0 radical (unpaired) electrons. The van der Waals surface area contributed by atoms with Gasteiger partial charge in [0.1, 0.15) is 11.6 Å². The molecule has 0 amide bonds. The molecule has 0 aliphatic carbocycles. The van der Waals surface area contributed by atoms with Crippen molar-refractivity contribution in [2.45, 2.75) is 106 Å². The number of benzene rings is 1. The van der Waals surface area contributed by atoms with E-state index in [4.69, 9.17) is 29.4 Å². The Bertz CT molecular complexity index is 1060. The summed E-state index contributed by atoms with van der Waals surface area (Å²) < 4.78 is 26.8. The second kappa shape index (κ2) is 15.2. The lowest BCUT2D eigenvalue weighted by Crippen LogP contribution is -2.53. The molecule has 0 aliphatic heterocycles. The standard InChI is InChI=1S/C31H49NO9/c1-11-29(6,7)25(33)40-23-14-13-22(17-24(23)41-26(34)30(8,9)12-2)19-31(32,27(35)37-10)18-21(5)39-28(36)38-16-15-20(3)4/h13-14,17,20-21H,11-12,15-16,18-19,32H2,1-10H3/t21-,31?/m0/s1. The predicted octanol–water partition coefficient (Wildman–Crippen LogP) is 5.76. The van der Waals surface area contributed by atoms with Crippen LogP contribution in [-0.2, 0) is 35.0 Å². The van der Waals surface area contributed by atoms with E-state index in [1.54, 1.807) is 40.7 Å². The molecule has 10 heteroatoms. The largest absolute Gasteiger partial charge is 0.508 e. The van der Waals surface area contributed by atoms with Gasteiger partial charge in [0.05, 0.1) is 24.5 Å². The molecule has 1 aromatic carbocycles. The van der Waals surface area contributed by atoms with Crippen LogP contribution in [0.25, 0.3) is 0 Å². The van der Waals surface area contributed by atoms with Crippen LogP contribution < -0.4 is 15.2 Å². The predicted molar refractivity (Wildman–Crippen MR) is 154 cm³/mol. The first-order valence-corrected chi connectivity index (χ1v) is 14.2. The zero-order chi connectivity index (χ0) is 31.6. The van der Waals surface area contributed by atoms with E-state index >= 15 is 0 Å². The number of carbonyl (C=O) groups excluding carboxylic acids is 4. The van der Waals surface area contributed by atoms with Gasteiger partial charge in [-0.2, -0.15) is 0 Å². The number of methoxy groups -OCH3 is 1. The summed E-state index contributed by atoms with van der Waals surface area (Å²) in [6.45, 7) is 16.6. The first-order valence-electron chi connectivity index (χ1n) is 14.2. The molecule has 1 rings (SSSR count). The second-order valence-corrected chi connectivity index (χ2v) is 12.3. The summed E-state index contributed by atoms with van der Waals surface area (Å²) in [5, 5.41) is 0. The molecule has 2 N–H and O–H groups in total. The van der Waals surface area contributed by atoms with Gasteiger partial charge in [-0.05, 0) is 77.5 Å². The fourth-order valence-corrected chi connectivity index (χ4v) is 3.52. The van der Waals surface area contributed by atoms with E-state index < -0.39 is 46.5 Å². The highest BCUT2D eigenvalue weighted by Gasteiger charge is 2.39. The molecule has 0 aliphatic rings. The van der Waals surface area contributed by atoms with Gasteiger partial charge < -0.3 is 29.4 Å². The topological polar surface area (TPSA) is 140 Å². The number of rotatable bonds is 15. The Morgan fingerprint density at radius 3 is 1.88 bits per heavy atom. The molecule has 0 aromatic heterocycles. The molecule has 2 atom stereocenters. The first kappa shape index (κ1) is 35.9. The number of hydrogen-bond donors (Lipinski definition) is 1. The molecule has 0 bridgehead atoms. The van der Waals surface area contributed by atoms with Gasteiger partial charge >= 0.3 is 24.1 Å². The van der Waals surface area contributed by atoms with Crippen molar-refractivity contribution < 1.29 is 42.9 Å². The number of esters is 3. The van der Waals surface area contributed by atoms with Crippen molar-refractivity contribution in [2.75, 3.05) is 13.7 Å². The Morgan fingerprint density at radius 2 is 1.39 bits per heavy atom. The van der Waals surface area contributed by atoms with E-state index in [1.807, 2.05) is 27.7 Å². The minimum Gasteiger partial charge on any atom is -0.468 e. The minimum absolute atomic E-state index is 0.0273. The number of hydrogen-bond acceptors (Lipinski definition) is 10. The Hall–Kier alpha value is -3.14. The number of nitrogens with two attached hydrogens (primary N) is 1. The van der Waals surface area contributed by atoms with Crippen molar-refractivity contribution in [3.8, 4) is 11.5 Å². The third kappa shape index (κ3) is 11.0. The normalized spacial score (nSPS) is 14.0. The molecule has 1 aromatic rings. The maximum Gasteiger partial charge on any atom is 0.508 e. The highest BCUT2D eigenvalue weighted by atomic mass is 16.7. The lowest BCUT2D eigenvalue weighted by molar-refractivity contribution is -0.148. The summed E-state index contributed by atoms with van der Waals surface area (Å²) in [7, 11) is 1.22. The monoisotopic (exact) mass is 579 g/mol. The molecule has 0 fully saturated rings. The van der Waals surface area contributed by atoms with Crippen molar-refractivity contribution in [3.05, 3.63) is 23.8 Å². The smallest absolute Gasteiger partial charge is 0.468 e. The van der Waals surface area contributed by atoms with Crippen LogP contribution in [0.4, 0.5) is 4.79 Å². The molecule has 0 heterocycles. The molecular weight excluding hydrogens is 530 g/mol. The van der Waals surface area contributed by atoms with E-state index in [1.165, 1.54) is 19.2 Å². The van der Waals surface area contributed by atoms with Crippen LogP contribution in [-0.4, -0.2) is 49.4 Å². The highest BCUT2D eigenvalue weighted by Crippen LogP contribution is 2.35. The van der Waals surface area contributed by atoms with Crippen molar-refractivity contribution >= 4 is 24.1 Å². The van der Waals surface area contributed by atoms with Crippen molar-refractivity contribution in [1.82, 2.24) is 0 Å². The van der Waals surface area contributed by atoms with Gasteiger partial charge in [-0.1, -0.05) is 33.8 Å². The zero-order valence-electron chi connectivity index (χ0n) is 26.4. The molecule has 10 nitrogen and oxygen atoms in total. The van der Waals surface area contributed by atoms with Crippen LogP contribution in [0.5, 0.6) is 11.5 Å². The summed E-state index contributed by atoms with van der Waals surface area (Å²) in [5.74, 6) is -1.24. The van der Waals surface area contributed by atoms with E-state index in [2.05, 4.69) is 0 Å². The van der Waals surface area contributed by atoms with Crippen LogP contribution in [0.2, 0.25) is 0 Å². The van der Waals surface area contributed by atoms with Crippen LogP contribution in [0.1, 0.15) is 93.6 Å².